The zero-order chi connectivity index (χ0) is 23.8. The Kier molecular flexibility index (Phi) is 7.16. The summed E-state index contributed by atoms with van der Waals surface area (Å²) in [7, 11) is 0. The Bertz CT molecular complexity index is 1320. The molecule has 3 aromatic carbocycles. The van der Waals surface area contributed by atoms with Crippen molar-refractivity contribution in [3.63, 3.8) is 0 Å². The number of carbonyl (C=O) groups excluding carboxylic acids is 1. The smallest absolute Gasteiger partial charge is 0.261 e. The fraction of sp³-hybridized carbons (Fsp3) is 0.107. The molecule has 1 heterocycles. The number of ether oxygens (including phenoxy) is 1. The fourth-order valence-electron chi connectivity index (χ4n) is 3.44. The van der Waals surface area contributed by atoms with E-state index in [2.05, 4.69) is 5.32 Å². The highest BCUT2D eigenvalue weighted by Gasteiger charge is 2.15. The van der Waals surface area contributed by atoms with Crippen LogP contribution in [0.25, 0.3) is 23.0 Å². The maximum absolute atomic E-state index is 12.3. The Morgan fingerprint density at radius 2 is 1.71 bits per heavy atom. The summed E-state index contributed by atoms with van der Waals surface area (Å²) in [6, 6.07) is 29.3. The molecule has 0 saturated carbocycles. The minimum absolute atomic E-state index is 0.0264. The molecule has 4 aromatic rings. The Morgan fingerprint density at radius 1 is 1.03 bits per heavy atom. The van der Waals surface area contributed by atoms with Crippen LogP contribution < -0.4 is 10.1 Å². The molecule has 4 rings (SSSR count). The van der Waals surface area contributed by atoms with Crippen molar-refractivity contribution in [3.8, 4) is 28.8 Å². The first kappa shape index (κ1) is 22.6. The molecule has 0 bridgehead atoms. The number of carbonyl (C=O) groups is 1. The van der Waals surface area contributed by atoms with Crippen LogP contribution in [0.3, 0.4) is 0 Å². The van der Waals surface area contributed by atoms with Crippen molar-refractivity contribution >= 4 is 12.0 Å². The van der Waals surface area contributed by atoms with Gasteiger partial charge in [0, 0.05) is 23.9 Å². The molecule has 0 aliphatic rings. The molecule has 0 atom stereocenters. The molecule has 0 aliphatic carbocycles. The number of para-hydroxylation sites is 1. The number of nitrogens with one attached hydrogen (secondary N) is 1. The summed E-state index contributed by atoms with van der Waals surface area (Å²) in [4.78, 5) is 12.3. The molecule has 1 N–H and O–H groups in total. The Balaban J connectivity index is 1.66. The lowest BCUT2D eigenvalue weighted by atomic mass is 10.1. The second-order valence-corrected chi connectivity index (χ2v) is 7.54. The van der Waals surface area contributed by atoms with Crippen molar-refractivity contribution in [3.05, 3.63) is 108 Å². The van der Waals surface area contributed by atoms with Gasteiger partial charge in [-0.2, -0.15) is 10.4 Å². The van der Waals surface area contributed by atoms with Gasteiger partial charge >= 0.3 is 0 Å². The van der Waals surface area contributed by atoms with Crippen molar-refractivity contribution in [2.24, 2.45) is 0 Å². The van der Waals surface area contributed by atoms with Gasteiger partial charge in [0.25, 0.3) is 5.91 Å². The van der Waals surface area contributed by atoms with E-state index in [1.807, 2.05) is 104 Å². The van der Waals surface area contributed by atoms with Gasteiger partial charge in [0.1, 0.15) is 24.0 Å². The van der Waals surface area contributed by atoms with Crippen LogP contribution in [0, 0.1) is 11.3 Å². The molecule has 6 heteroatoms. The average Bonchev–Trinajstić information content (AvgIpc) is 3.31. The van der Waals surface area contributed by atoms with Gasteiger partial charge in [-0.3, -0.25) is 4.79 Å². The molecule has 168 valence electrons. The number of rotatable bonds is 8. The Labute approximate surface area is 198 Å². The Morgan fingerprint density at radius 3 is 2.35 bits per heavy atom. The summed E-state index contributed by atoms with van der Waals surface area (Å²) < 4.78 is 7.64. The van der Waals surface area contributed by atoms with Crippen LogP contribution >= 0.6 is 0 Å². The van der Waals surface area contributed by atoms with Crippen LogP contribution in [0.15, 0.2) is 96.7 Å². The van der Waals surface area contributed by atoms with E-state index in [9.17, 15) is 10.1 Å². The van der Waals surface area contributed by atoms with Crippen molar-refractivity contribution in [2.75, 3.05) is 6.54 Å². The normalized spacial score (nSPS) is 11.0. The summed E-state index contributed by atoms with van der Waals surface area (Å²) in [6.07, 6.45) is 3.40. The van der Waals surface area contributed by atoms with Gasteiger partial charge in [-0.15, -0.1) is 0 Å². The number of nitrogens with zero attached hydrogens (tertiary/aromatic N) is 3. The highest BCUT2D eigenvalue weighted by atomic mass is 16.5. The lowest BCUT2D eigenvalue weighted by molar-refractivity contribution is -0.116. The van der Waals surface area contributed by atoms with Crippen molar-refractivity contribution in [2.45, 2.75) is 13.5 Å². The molecule has 0 saturated heterocycles. The molecular weight excluding hydrogens is 424 g/mol. The fourth-order valence-corrected chi connectivity index (χ4v) is 3.44. The van der Waals surface area contributed by atoms with Crippen LogP contribution in [0.2, 0.25) is 0 Å². The zero-order valence-corrected chi connectivity index (χ0v) is 18.8. The zero-order valence-electron chi connectivity index (χ0n) is 18.8. The highest BCUT2D eigenvalue weighted by Crippen LogP contribution is 2.28. The number of likely N-dealkylation sites (N-methyl/N-ethyl adjacent to an activating group) is 1. The second-order valence-electron chi connectivity index (χ2n) is 7.54. The van der Waals surface area contributed by atoms with Gasteiger partial charge in [-0.1, -0.05) is 48.5 Å². The number of hydrogen-bond donors (Lipinski definition) is 1. The van der Waals surface area contributed by atoms with Crippen LogP contribution in [-0.2, 0) is 11.4 Å². The number of nitriles is 1. The van der Waals surface area contributed by atoms with E-state index in [1.54, 1.807) is 10.8 Å². The van der Waals surface area contributed by atoms with Crippen LogP contribution in [0.1, 0.15) is 18.1 Å². The maximum atomic E-state index is 12.3. The minimum atomic E-state index is -0.409. The van der Waals surface area contributed by atoms with E-state index in [-0.39, 0.29) is 5.57 Å². The van der Waals surface area contributed by atoms with Crippen molar-refractivity contribution in [1.29, 1.82) is 5.26 Å². The highest BCUT2D eigenvalue weighted by molar-refractivity contribution is 6.02. The molecule has 0 unspecified atom stereocenters. The second kappa shape index (κ2) is 10.8. The summed E-state index contributed by atoms with van der Waals surface area (Å²) in [5, 5.41) is 17.0. The van der Waals surface area contributed by atoms with Gasteiger partial charge in [-0.25, -0.2) is 4.68 Å². The Hall–Kier alpha value is -4.63. The molecule has 0 aliphatic heterocycles. The van der Waals surface area contributed by atoms with Gasteiger partial charge in [0.2, 0.25) is 0 Å². The molecular formula is C28H24N4O2. The van der Waals surface area contributed by atoms with E-state index in [0.717, 1.165) is 22.6 Å². The van der Waals surface area contributed by atoms with Crippen molar-refractivity contribution < 1.29 is 9.53 Å². The van der Waals surface area contributed by atoms with E-state index >= 15 is 0 Å². The summed E-state index contributed by atoms with van der Waals surface area (Å²) in [5.74, 6) is 0.334. The first-order valence-electron chi connectivity index (χ1n) is 11.0. The van der Waals surface area contributed by atoms with Gasteiger partial charge in [0.15, 0.2) is 0 Å². The van der Waals surface area contributed by atoms with E-state index in [0.29, 0.717) is 24.4 Å². The first-order chi connectivity index (χ1) is 16.7. The third-order valence-corrected chi connectivity index (χ3v) is 5.14. The maximum Gasteiger partial charge on any atom is 0.261 e. The third-order valence-electron chi connectivity index (χ3n) is 5.14. The van der Waals surface area contributed by atoms with Gasteiger partial charge in [0.05, 0.1) is 11.4 Å². The monoisotopic (exact) mass is 448 g/mol. The van der Waals surface area contributed by atoms with E-state index in [4.69, 9.17) is 9.84 Å². The lowest BCUT2D eigenvalue weighted by Gasteiger charge is -2.07. The molecule has 0 spiro atoms. The number of hydrogen-bond acceptors (Lipinski definition) is 4. The molecule has 6 nitrogen and oxygen atoms in total. The first-order valence-corrected chi connectivity index (χ1v) is 11.0. The minimum Gasteiger partial charge on any atom is -0.489 e. The van der Waals surface area contributed by atoms with E-state index in [1.165, 1.54) is 0 Å². The van der Waals surface area contributed by atoms with Crippen LogP contribution in [0.4, 0.5) is 0 Å². The average molecular weight is 449 g/mol. The third kappa shape index (κ3) is 5.40. The van der Waals surface area contributed by atoms with Crippen molar-refractivity contribution in [1.82, 2.24) is 15.1 Å². The van der Waals surface area contributed by atoms with Gasteiger partial charge < -0.3 is 10.1 Å². The predicted molar refractivity (Wildman–Crippen MR) is 132 cm³/mol. The topological polar surface area (TPSA) is 79.9 Å². The van der Waals surface area contributed by atoms with E-state index < -0.39 is 5.91 Å². The van der Waals surface area contributed by atoms with Crippen LogP contribution in [-0.4, -0.2) is 22.2 Å². The molecule has 1 amide bonds. The largest absolute Gasteiger partial charge is 0.489 e. The molecule has 0 fully saturated rings. The predicted octanol–water partition coefficient (Wildman–Crippen LogP) is 5.16. The molecule has 1 aromatic heterocycles. The SMILES string of the molecule is CCNC(=O)/C(C#N)=C\c1cn(-c2ccccc2)nc1-c1ccc(OCc2ccccc2)cc1. The quantitative estimate of drug-likeness (QED) is 0.298. The summed E-state index contributed by atoms with van der Waals surface area (Å²) >= 11 is 0. The van der Waals surface area contributed by atoms with Crippen LogP contribution in [0.5, 0.6) is 5.75 Å². The summed E-state index contributed by atoms with van der Waals surface area (Å²) in [5.41, 5.74) is 4.18. The number of benzene rings is 3. The molecule has 0 radical (unpaired) electrons. The lowest BCUT2D eigenvalue weighted by Crippen LogP contribution is -2.23. The molecule has 34 heavy (non-hydrogen) atoms. The summed E-state index contributed by atoms with van der Waals surface area (Å²) in [6.45, 7) is 2.74. The van der Waals surface area contributed by atoms with Gasteiger partial charge in [-0.05, 0) is 55.0 Å². The number of amides is 1. The number of aromatic nitrogens is 2. The standard InChI is InChI=1S/C28H24N4O2/c1-2-30-28(33)23(18-29)17-24-19-32(25-11-7-4-8-12-25)31-27(24)22-13-15-26(16-14-22)34-20-21-9-5-3-6-10-21/h3-17,19H,2,20H2,1H3,(H,30,33)/b23-17-.